The molecule has 1 unspecified atom stereocenters. The predicted octanol–water partition coefficient (Wildman–Crippen LogP) is 1.47. The number of aromatic nitrogens is 3. The number of nitrogens with one attached hydrogen (secondary N) is 1. The molecule has 0 aliphatic heterocycles. The highest BCUT2D eigenvalue weighted by atomic mass is 16.5. The second-order valence-corrected chi connectivity index (χ2v) is 6.57. The number of carbonyl (C=O) groups excluding carboxylic acids is 2. The van der Waals surface area contributed by atoms with E-state index in [-0.39, 0.29) is 24.4 Å². The number of hydrogen-bond acceptors (Lipinski definition) is 6. The monoisotopic (exact) mass is 394 g/mol. The quantitative estimate of drug-likeness (QED) is 0.581. The molecule has 8 nitrogen and oxygen atoms in total. The van der Waals surface area contributed by atoms with Gasteiger partial charge in [0.2, 0.25) is 5.91 Å². The molecule has 0 saturated carbocycles. The number of benzene rings is 2. The number of aryl methyl sites for hydroxylation is 1. The Morgan fingerprint density at radius 3 is 2.59 bits per heavy atom. The highest BCUT2D eigenvalue weighted by molar-refractivity contribution is 5.84. The first kappa shape index (κ1) is 20.2. The highest BCUT2D eigenvalue weighted by Crippen LogP contribution is 2.06. The lowest BCUT2D eigenvalue weighted by Gasteiger charge is -2.16. The smallest absolute Gasteiger partial charge is 0.328 e. The molecule has 0 aliphatic carbocycles. The maximum atomic E-state index is 12.4. The lowest BCUT2D eigenvalue weighted by atomic mass is 10.1. The second kappa shape index (κ2) is 9.59. The molecule has 1 atom stereocenters. The third-order valence-electron chi connectivity index (χ3n) is 4.51. The number of ether oxygens (including phenoxy) is 1. The standard InChI is InChI=1S/C21H22N4O4/c1-29-21(28)18(14-15-8-3-2-4-9-15)22-19(26)12-7-13-25-20(27)16-10-5-6-11-17(16)23-24-25/h2-6,8-11,18H,7,12-14H2,1H3,(H,22,26). The van der Waals surface area contributed by atoms with Gasteiger partial charge in [-0.1, -0.05) is 47.7 Å². The SMILES string of the molecule is COC(=O)C(Cc1ccccc1)NC(=O)CCCn1nnc2ccccc2c1=O. The van der Waals surface area contributed by atoms with Gasteiger partial charge in [0.05, 0.1) is 12.5 Å². The fourth-order valence-electron chi connectivity index (χ4n) is 3.01. The van der Waals surface area contributed by atoms with Crippen molar-refractivity contribution in [3.8, 4) is 0 Å². The van der Waals surface area contributed by atoms with Gasteiger partial charge in [0.15, 0.2) is 0 Å². The molecule has 0 aliphatic rings. The number of nitrogens with zero attached hydrogens (tertiary/aromatic N) is 3. The summed E-state index contributed by atoms with van der Waals surface area (Å²) in [4.78, 5) is 36.7. The van der Waals surface area contributed by atoms with Gasteiger partial charge in [0.25, 0.3) is 5.56 Å². The van der Waals surface area contributed by atoms with E-state index in [4.69, 9.17) is 4.74 Å². The first-order chi connectivity index (χ1) is 14.1. The van der Waals surface area contributed by atoms with Crippen LogP contribution in [0.25, 0.3) is 10.9 Å². The lowest BCUT2D eigenvalue weighted by Crippen LogP contribution is -2.43. The molecule has 1 aromatic heterocycles. The zero-order valence-corrected chi connectivity index (χ0v) is 16.1. The Morgan fingerprint density at radius 2 is 1.83 bits per heavy atom. The molecule has 0 bridgehead atoms. The number of methoxy groups -OCH3 is 1. The van der Waals surface area contributed by atoms with Crippen LogP contribution in [0.3, 0.4) is 0 Å². The highest BCUT2D eigenvalue weighted by Gasteiger charge is 2.21. The van der Waals surface area contributed by atoms with Gasteiger partial charge < -0.3 is 10.1 Å². The van der Waals surface area contributed by atoms with Crippen molar-refractivity contribution in [2.24, 2.45) is 0 Å². The summed E-state index contributed by atoms with van der Waals surface area (Å²) in [6.45, 7) is 0.256. The Hall–Kier alpha value is -3.55. The lowest BCUT2D eigenvalue weighted by molar-refractivity contribution is -0.145. The summed E-state index contributed by atoms with van der Waals surface area (Å²) in [5, 5.41) is 11.1. The molecule has 1 amide bonds. The van der Waals surface area contributed by atoms with Gasteiger partial charge in [-0.15, -0.1) is 5.10 Å². The first-order valence-corrected chi connectivity index (χ1v) is 9.32. The van der Waals surface area contributed by atoms with E-state index in [1.807, 2.05) is 30.3 Å². The van der Waals surface area contributed by atoms with E-state index in [2.05, 4.69) is 15.6 Å². The Labute approximate surface area is 167 Å². The number of rotatable bonds is 8. The van der Waals surface area contributed by atoms with Crippen molar-refractivity contribution in [1.29, 1.82) is 0 Å². The minimum atomic E-state index is -0.766. The van der Waals surface area contributed by atoms with Crippen molar-refractivity contribution < 1.29 is 14.3 Å². The van der Waals surface area contributed by atoms with Crippen molar-refractivity contribution in [1.82, 2.24) is 20.3 Å². The van der Waals surface area contributed by atoms with Crippen LogP contribution in [0.2, 0.25) is 0 Å². The fourth-order valence-corrected chi connectivity index (χ4v) is 3.01. The normalized spacial score (nSPS) is 11.8. The average molecular weight is 394 g/mol. The maximum absolute atomic E-state index is 12.4. The number of fused-ring (bicyclic) bond motifs is 1. The van der Waals surface area contributed by atoms with Gasteiger partial charge in [-0.2, -0.15) is 0 Å². The van der Waals surface area contributed by atoms with Crippen LogP contribution in [0, 0.1) is 0 Å². The van der Waals surface area contributed by atoms with Gasteiger partial charge in [-0.05, 0) is 24.1 Å². The number of carbonyl (C=O) groups is 2. The first-order valence-electron chi connectivity index (χ1n) is 9.32. The predicted molar refractivity (Wildman–Crippen MR) is 107 cm³/mol. The molecule has 0 saturated heterocycles. The Morgan fingerprint density at radius 1 is 1.10 bits per heavy atom. The van der Waals surface area contributed by atoms with Crippen molar-refractivity contribution in [3.05, 3.63) is 70.5 Å². The van der Waals surface area contributed by atoms with Gasteiger partial charge >= 0.3 is 5.97 Å². The van der Waals surface area contributed by atoms with Crippen LogP contribution in [-0.2, 0) is 27.3 Å². The topological polar surface area (TPSA) is 103 Å². The number of amides is 1. The second-order valence-electron chi connectivity index (χ2n) is 6.57. The summed E-state index contributed by atoms with van der Waals surface area (Å²) in [6, 6.07) is 15.6. The van der Waals surface area contributed by atoms with Crippen LogP contribution in [0.1, 0.15) is 18.4 Å². The van der Waals surface area contributed by atoms with Crippen LogP contribution in [-0.4, -0.2) is 40.0 Å². The molecular weight excluding hydrogens is 372 g/mol. The van der Waals surface area contributed by atoms with E-state index < -0.39 is 12.0 Å². The van der Waals surface area contributed by atoms with Crippen LogP contribution in [0.15, 0.2) is 59.4 Å². The van der Waals surface area contributed by atoms with Crippen LogP contribution in [0.5, 0.6) is 0 Å². The minimum absolute atomic E-state index is 0.142. The number of esters is 1. The summed E-state index contributed by atoms with van der Waals surface area (Å²) >= 11 is 0. The molecule has 2 aromatic carbocycles. The molecule has 1 N–H and O–H groups in total. The third-order valence-corrected chi connectivity index (χ3v) is 4.51. The largest absolute Gasteiger partial charge is 0.467 e. The Bertz CT molecular complexity index is 1050. The average Bonchev–Trinajstić information content (AvgIpc) is 2.75. The Kier molecular flexibility index (Phi) is 6.67. The zero-order valence-electron chi connectivity index (χ0n) is 16.1. The molecular formula is C21H22N4O4. The minimum Gasteiger partial charge on any atom is -0.467 e. The summed E-state index contributed by atoms with van der Waals surface area (Å²) in [5.41, 5.74) is 1.21. The van der Waals surface area contributed by atoms with Crippen molar-refractivity contribution in [2.45, 2.75) is 31.8 Å². The fraction of sp³-hybridized carbons (Fsp3) is 0.286. The molecule has 29 heavy (non-hydrogen) atoms. The van der Waals surface area contributed by atoms with Crippen molar-refractivity contribution in [3.63, 3.8) is 0 Å². The molecule has 0 radical (unpaired) electrons. The maximum Gasteiger partial charge on any atom is 0.328 e. The molecule has 0 fully saturated rings. The van der Waals surface area contributed by atoms with Crippen molar-refractivity contribution in [2.75, 3.05) is 7.11 Å². The van der Waals surface area contributed by atoms with Crippen LogP contribution < -0.4 is 10.9 Å². The third kappa shape index (κ3) is 5.25. The van der Waals surface area contributed by atoms with E-state index in [0.29, 0.717) is 23.7 Å². The van der Waals surface area contributed by atoms with E-state index in [0.717, 1.165) is 5.56 Å². The van der Waals surface area contributed by atoms with E-state index in [1.54, 1.807) is 24.3 Å². The van der Waals surface area contributed by atoms with Crippen molar-refractivity contribution >= 4 is 22.8 Å². The zero-order chi connectivity index (χ0) is 20.6. The van der Waals surface area contributed by atoms with E-state index in [9.17, 15) is 14.4 Å². The van der Waals surface area contributed by atoms with Gasteiger partial charge in [-0.3, -0.25) is 9.59 Å². The summed E-state index contributed by atoms with van der Waals surface area (Å²) in [5.74, 6) is -0.794. The molecule has 8 heteroatoms. The number of hydrogen-bond donors (Lipinski definition) is 1. The molecule has 3 aromatic rings. The van der Waals surface area contributed by atoms with E-state index in [1.165, 1.54) is 11.8 Å². The molecule has 150 valence electrons. The summed E-state index contributed by atoms with van der Waals surface area (Å²) in [6.07, 6.45) is 0.871. The molecule has 1 heterocycles. The van der Waals surface area contributed by atoms with Crippen LogP contribution in [0.4, 0.5) is 0 Å². The van der Waals surface area contributed by atoms with Gasteiger partial charge in [0.1, 0.15) is 11.6 Å². The van der Waals surface area contributed by atoms with Gasteiger partial charge in [0, 0.05) is 19.4 Å². The van der Waals surface area contributed by atoms with E-state index >= 15 is 0 Å². The van der Waals surface area contributed by atoms with Crippen LogP contribution >= 0.6 is 0 Å². The van der Waals surface area contributed by atoms with Gasteiger partial charge in [-0.25, -0.2) is 9.48 Å². The molecule has 0 spiro atoms. The summed E-state index contributed by atoms with van der Waals surface area (Å²) < 4.78 is 6.05. The Balaban J connectivity index is 1.57. The summed E-state index contributed by atoms with van der Waals surface area (Å²) in [7, 11) is 1.29. The molecule has 3 rings (SSSR count).